The highest BCUT2D eigenvalue weighted by atomic mass is 35.5. The number of carbonyl (C=O) groups is 1. The van der Waals surface area contributed by atoms with Gasteiger partial charge < -0.3 is 10.6 Å². The fraction of sp³-hybridized carbons (Fsp3) is 0.185. The van der Waals surface area contributed by atoms with Crippen LogP contribution in [0.25, 0.3) is 11.1 Å². The molecule has 0 radical (unpaired) electrons. The Kier molecular flexibility index (Phi) is 7.23. The molecule has 0 aliphatic heterocycles. The maximum Gasteiger partial charge on any atom is 0.246 e. The predicted molar refractivity (Wildman–Crippen MR) is 134 cm³/mol. The Balaban J connectivity index is 1.47. The molecule has 3 aromatic carbocycles. The van der Waals surface area contributed by atoms with Crippen molar-refractivity contribution < 1.29 is 4.79 Å². The smallest absolute Gasteiger partial charge is 0.246 e. The Hall–Kier alpha value is -3.41. The summed E-state index contributed by atoms with van der Waals surface area (Å²) in [5.74, 6) is -0.152. The van der Waals surface area contributed by atoms with Crippen LogP contribution in [0.1, 0.15) is 22.7 Å². The summed E-state index contributed by atoms with van der Waals surface area (Å²) in [7, 11) is 1.87. The zero-order chi connectivity index (χ0) is 23.2. The molecule has 1 aromatic heterocycles. The molecule has 1 amide bonds. The van der Waals surface area contributed by atoms with Crippen LogP contribution < -0.4 is 10.6 Å². The second kappa shape index (κ2) is 10.5. The van der Waals surface area contributed by atoms with E-state index in [1.165, 1.54) is 11.1 Å². The molecule has 1 heterocycles. The number of hydrogen-bond donors (Lipinski definition) is 2. The number of benzene rings is 3. The number of aryl methyl sites for hydroxylation is 2. The van der Waals surface area contributed by atoms with Gasteiger partial charge in [-0.2, -0.15) is 5.10 Å². The molecule has 0 saturated heterocycles. The number of nitrogens with zero attached hydrogens (tertiary/aromatic N) is 2. The Bertz CT molecular complexity index is 1220. The molecule has 5 nitrogen and oxygen atoms in total. The van der Waals surface area contributed by atoms with E-state index in [1.807, 2.05) is 61.8 Å². The largest absolute Gasteiger partial charge is 0.323 e. The summed E-state index contributed by atoms with van der Waals surface area (Å²) in [6.07, 6.45) is 4.54. The lowest BCUT2D eigenvalue weighted by Gasteiger charge is -2.20. The molecule has 0 aliphatic rings. The van der Waals surface area contributed by atoms with Crippen molar-refractivity contribution in [2.24, 2.45) is 7.05 Å². The van der Waals surface area contributed by atoms with Gasteiger partial charge in [-0.05, 0) is 42.2 Å². The molecule has 0 bridgehead atoms. The second-order valence-corrected chi connectivity index (χ2v) is 8.53. The second-order valence-electron chi connectivity index (χ2n) is 8.12. The minimum absolute atomic E-state index is 0.152. The standard InChI is InChI=1S/C27H27ClN4O/c1-19-8-10-20(11-9-19)14-15-29-26(21-6-4-3-5-7-21)27(33)31-25-13-12-22(16-24(25)28)23-17-30-32(2)18-23/h3-13,16-18,26,29H,14-15H2,1-2H3,(H,31,33)/t26-/m1/s1. The van der Waals surface area contributed by atoms with Crippen LogP contribution in [-0.2, 0) is 18.3 Å². The van der Waals surface area contributed by atoms with Gasteiger partial charge in [0.25, 0.3) is 0 Å². The first-order valence-corrected chi connectivity index (χ1v) is 11.3. The number of hydrogen-bond acceptors (Lipinski definition) is 3. The Labute approximate surface area is 199 Å². The lowest BCUT2D eigenvalue weighted by Crippen LogP contribution is -2.34. The van der Waals surface area contributed by atoms with Crippen molar-refractivity contribution in [2.75, 3.05) is 11.9 Å². The van der Waals surface area contributed by atoms with Gasteiger partial charge in [-0.25, -0.2) is 0 Å². The zero-order valence-corrected chi connectivity index (χ0v) is 19.5. The molecule has 6 heteroatoms. The molecule has 2 N–H and O–H groups in total. The van der Waals surface area contributed by atoms with Crippen LogP contribution in [-0.4, -0.2) is 22.2 Å². The monoisotopic (exact) mass is 458 g/mol. The number of carbonyl (C=O) groups excluding carboxylic acids is 1. The Morgan fingerprint density at radius 1 is 1.03 bits per heavy atom. The molecule has 4 rings (SSSR count). The van der Waals surface area contributed by atoms with Gasteiger partial charge in [0.1, 0.15) is 6.04 Å². The van der Waals surface area contributed by atoms with Crippen LogP contribution >= 0.6 is 11.6 Å². The highest BCUT2D eigenvalue weighted by Gasteiger charge is 2.21. The molecule has 0 spiro atoms. The van der Waals surface area contributed by atoms with Crippen molar-refractivity contribution in [1.29, 1.82) is 0 Å². The number of anilines is 1. The van der Waals surface area contributed by atoms with E-state index in [2.05, 4.69) is 46.9 Å². The summed E-state index contributed by atoms with van der Waals surface area (Å²) in [6.45, 7) is 2.75. The first-order valence-electron chi connectivity index (χ1n) is 10.9. The third-order valence-corrected chi connectivity index (χ3v) is 5.86. The first kappa shape index (κ1) is 22.8. The van der Waals surface area contributed by atoms with Crippen LogP contribution in [0.15, 0.2) is 85.2 Å². The maximum absolute atomic E-state index is 13.3. The highest BCUT2D eigenvalue weighted by molar-refractivity contribution is 6.34. The number of nitrogens with one attached hydrogen (secondary N) is 2. The highest BCUT2D eigenvalue weighted by Crippen LogP contribution is 2.29. The van der Waals surface area contributed by atoms with Gasteiger partial charge in [0.05, 0.1) is 16.9 Å². The summed E-state index contributed by atoms with van der Waals surface area (Å²) in [5.41, 5.74) is 5.87. The van der Waals surface area contributed by atoms with E-state index >= 15 is 0 Å². The van der Waals surface area contributed by atoms with Crippen LogP contribution in [0.4, 0.5) is 5.69 Å². The van der Waals surface area contributed by atoms with Gasteiger partial charge in [-0.3, -0.25) is 9.48 Å². The summed E-state index contributed by atoms with van der Waals surface area (Å²) in [4.78, 5) is 13.3. The van der Waals surface area contributed by atoms with Crippen molar-refractivity contribution in [3.8, 4) is 11.1 Å². The fourth-order valence-corrected chi connectivity index (χ4v) is 3.92. The molecular formula is C27H27ClN4O. The molecule has 0 aliphatic carbocycles. The van der Waals surface area contributed by atoms with Crippen molar-refractivity contribution in [3.63, 3.8) is 0 Å². The van der Waals surface area contributed by atoms with Crippen molar-refractivity contribution in [1.82, 2.24) is 15.1 Å². The van der Waals surface area contributed by atoms with Gasteiger partial charge in [0.15, 0.2) is 0 Å². The summed E-state index contributed by atoms with van der Waals surface area (Å²) >= 11 is 6.52. The third-order valence-electron chi connectivity index (χ3n) is 5.54. The zero-order valence-electron chi connectivity index (χ0n) is 18.8. The minimum atomic E-state index is -0.495. The number of amides is 1. The normalized spacial score (nSPS) is 11.8. The van der Waals surface area contributed by atoms with Crippen LogP contribution in [0.3, 0.4) is 0 Å². The quantitative estimate of drug-likeness (QED) is 0.363. The van der Waals surface area contributed by atoms with Gasteiger partial charge >= 0.3 is 0 Å². The SMILES string of the molecule is Cc1ccc(CCN[C@@H](C(=O)Nc2ccc(-c3cnn(C)c3)cc2Cl)c2ccccc2)cc1. The molecule has 0 saturated carbocycles. The Morgan fingerprint density at radius 2 is 1.79 bits per heavy atom. The van der Waals surface area contributed by atoms with E-state index < -0.39 is 6.04 Å². The maximum atomic E-state index is 13.3. The molecule has 33 heavy (non-hydrogen) atoms. The molecule has 0 fully saturated rings. The van der Waals surface area contributed by atoms with Crippen molar-refractivity contribution in [2.45, 2.75) is 19.4 Å². The summed E-state index contributed by atoms with van der Waals surface area (Å²) in [6, 6.07) is 23.3. The Morgan fingerprint density at radius 3 is 2.45 bits per heavy atom. The third kappa shape index (κ3) is 5.89. The molecule has 1 atom stereocenters. The average Bonchev–Trinajstić information content (AvgIpc) is 3.26. The van der Waals surface area contributed by atoms with E-state index in [0.717, 1.165) is 23.1 Å². The molecule has 168 valence electrons. The van der Waals surface area contributed by atoms with Crippen LogP contribution in [0, 0.1) is 6.92 Å². The van der Waals surface area contributed by atoms with Gasteiger partial charge in [-0.1, -0.05) is 77.8 Å². The summed E-state index contributed by atoms with van der Waals surface area (Å²) in [5, 5.41) is 11.1. The minimum Gasteiger partial charge on any atom is -0.323 e. The lowest BCUT2D eigenvalue weighted by atomic mass is 10.0. The van der Waals surface area contributed by atoms with E-state index in [9.17, 15) is 4.79 Å². The first-order chi connectivity index (χ1) is 16.0. The van der Waals surface area contributed by atoms with E-state index in [1.54, 1.807) is 10.9 Å². The van der Waals surface area contributed by atoms with E-state index in [0.29, 0.717) is 17.3 Å². The predicted octanol–water partition coefficient (Wildman–Crippen LogP) is 5.56. The van der Waals surface area contributed by atoms with Gasteiger partial charge in [0.2, 0.25) is 5.91 Å². The average molecular weight is 459 g/mol. The lowest BCUT2D eigenvalue weighted by molar-refractivity contribution is -0.118. The molecular weight excluding hydrogens is 432 g/mol. The summed E-state index contributed by atoms with van der Waals surface area (Å²) < 4.78 is 1.74. The van der Waals surface area contributed by atoms with E-state index in [4.69, 9.17) is 11.6 Å². The van der Waals surface area contributed by atoms with Crippen molar-refractivity contribution >= 4 is 23.2 Å². The number of halogens is 1. The van der Waals surface area contributed by atoms with Gasteiger partial charge in [-0.15, -0.1) is 0 Å². The van der Waals surface area contributed by atoms with Crippen molar-refractivity contribution in [3.05, 3.63) is 107 Å². The van der Waals surface area contributed by atoms with Gasteiger partial charge in [0, 0.05) is 25.4 Å². The molecule has 0 unspecified atom stereocenters. The van der Waals surface area contributed by atoms with E-state index in [-0.39, 0.29) is 5.91 Å². The topological polar surface area (TPSA) is 59.0 Å². The number of rotatable bonds is 8. The fourth-order valence-electron chi connectivity index (χ4n) is 3.69. The molecule has 4 aromatic rings. The van der Waals surface area contributed by atoms with Crippen LogP contribution in [0.2, 0.25) is 5.02 Å². The van der Waals surface area contributed by atoms with Crippen LogP contribution in [0.5, 0.6) is 0 Å². The number of aromatic nitrogens is 2.